The summed E-state index contributed by atoms with van der Waals surface area (Å²) in [5.74, 6) is 0.559. The van der Waals surface area contributed by atoms with Gasteiger partial charge in [-0.15, -0.1) is 11.3 Å². The molecule has 0 aliphatic rings. The molecular formula is C20H15ClN2OS. The van der Waals surface area contributed by atoms with Gasteiger partial charge in [0.1, 0.15) is 10.7 Å². The average Bonchev–Trinajstić information content (AvgIpc) is 3.00. The Labute approximate surface area is 154 Å². The molecule has 0 aliphatic heterocycles. The molecule has 0 saturated heterocycles. The largest absolute Gasteiger partial charge is 0.306 e. The van der Waals surface area contributed by atoms with Gasteiger partial charge in [-0.25, -0.2) is 4.98 Å². The van der Waals surface area contributed by atoms with Gasteiger partial charge < -0.3 is 4.98 Å². The summed E-state index contributed by atoms with van der Waals surface area (Å²) in [6, 6.07) is 13.5. The molecule has 5 heteroatoms. The number of nitrogens with zero attached hydrogens (tertiary/aromatic N) is 1. The minimum atomic E-state index is -0.119. The fourth-order valence-corrected chi connectivity index (χ4v) is 4.07. The van der Waals surface area contributed by atoms with E-state index < -0.39 is 0 Å². The number of aryl methyl sites for hydroxylation is 2. The van der Waals surface area contributed by atoms with Gasteiger partial charge in [0, 0.05) is 21.5 Å². The molecule has 4 rings (SSSR count). The molecule has 3 nitrogen and oxygen atoms in total. The lowest BCUT2D eigenvalue weighted by atomic mass is 9.99. The van der Waals surface area contributed by atoms with Crippen LogP contribution < -0.4 is 5.56 Å². The van der Waals surface area contributed by atoms with E-state index in [-0.39, 0.29) is 5.56 Å². The summed E-state index contributed by atoms with van der Waals surface area (Å²) in [5.41, 5.74) is 5.09. The average molecular weight is 367 g/mol. The van der Waals surface area contributed by atoms with Crippen molar-refractivity contribution in [3.63, 3.8) is 0 Å². The van der Waals surface area contributed by atoms with Crippen LogP contribution in [0.15, 0.2) is 52.6 Å². The molecule has 4 aromatic rings. The number of halogens is 1. The van der Waals surface area contributed by atoms with Crippen LogP contribution in [0.2, 0.25) is 5.02 Å². The number of fused-ring (bicyclic) bond motifs is 1. The van der Waals surface area contributed by atoms with Gasteiger partial charge in [-0.3, -0.25) is 4.79 Å². The van der Waals surface area contributed by atoms with Crippen LogP contribution in [-0.2, 0) is 0 Å². The van der Waals surface area contributed by atoms with Crippen LogP contribution in [0, 0.1) is 13.8 Å². The SMILES string of the molecule is Cc1ccc(-c2csc3nc(-c4ccc(Cl)cc4)[nH]c(=O)c23)c(C)c1. The van der Waals surface area contributed by atoms with Gasteiger partial charge in [0.05, 0.1) is 5.39 Å². The maximum atomic E-state index is 12.8. The number of hydrogen-bond donors (Lipinski definition) is 1. The first-order valence-corrected chi connectivity index (χ1v) is 9.14. The summed E-state index contributed by atoms with van der Waals surface area (Å²) in [4.78, 5) is 21.1. The fraction of sp³-hybridized carbons (Fsp3) is 0.100. The normalized spacial score (nSPS) is 11.2. The van der Waals surface area contributed by atoms with Gasteiger partial charge in [0.2, 0.25) is 0 Å². The minimum absolute atomic E-state index is 0.119. The highest BCUT2D eigenvalue weighted by Crippen LogP contribution is 2.33. The highest BCUT2D eigenvalue weighted by atomic mass is 35.5. The molecule has 0 bridgehead atoms. The minimum Gasteiger partial charge on any atom is -0.306 e. The maximum absolute atomic E-state index is 12.8. The molecule has 0 atom stereocenters. The summed E-state index contributed by atoms with van der Waals surface area (Å²) in [5, 5.41) is 3.31. The third-order valence-corrected chi connectivity index (χ3v) is 5.36. The van der Waals surface area contributed by atoms with E-state index >= 15 is 0 Å². The Morgan fingerprint density at radius 3 is 2.52 bits per heavy atom. The maximum Gasteiger partial charge on any atom is 0.260 e. The second-order valence-corrected chi connectivity index (χ2v) is 7.36. The Kier molecular flexibility index (Phi) is 3.94. The first kappa shape index (κ1) is 16.1. The second kappa shape index (κ2) is 6.14. The van der Waals surface area contributed by atoms with Crippen LogP contribution >= 0.6 is 22.9 Å². The molecule has 0 amide bonds. The smallest absolute Gasteiger partial charge is 0.260 e. The summed E-state index contributed by atoms with van der Waals surface area (Å²) in [7, 11) is 0. The molecule has 2 aromatic carbocycles. The number of rotatable bonds is 2. The molecular weight excluding hydrogens is 352 g/mol. The van der Waals surface area contributed by atoms with Crippen molar-refractivity contribution in [1.82, 2.24) is 9.97 Å². The zero-order valence-electron chi connectivity index (χ0n) is 13.8. The van der Waals surface area contributed by atoms with Gasteiger partial charge in [0.25, 0.3) is 5.56 Å². The monoisotopic (exact) mass is 366 g/mol. The number of benzene rings is 2. The topological polar surface area (TPSA) is 45.8 Å². The number of nitrogens with one attached hydrogen (secondary N) is 1. The highest BCUT2D eigenvalue weighted by Gasteiger charge is 2.15. The molecule has 0 unspecified atom stereocenters. The standard InChI is InChI=1S/C20H15ClN2OS/c1-11-3-8-15(12(2)9-11)16-10-25-20-17(16)19(24)22-18(23-20)13-4-6-14(21)7-5-13/h3-10H,1-2H3,(H,22,23,24). The van der Waals surface area contributed by atoms with E-state index in [1.54, 1.807) is 12.1 Å². The van der Waals surface area contributed by atoms with Crippen LogP contribution in [0.5, 0.6) is 0 Å². The first-order valence-electron chi connectivity index (χ1n) is 7.88. The highest BCUT2D eigenvalue weighted by molar-refractivity contribution is 7.17. The molecule has 124 valence electrons. The van der Waals surface area contributed by atoms with Gasteiger partial charge >= 0.3 is 0 Å². The Morgan fingerprint density at radius 2 is 1.80 bits per heavy atom. The van der Waals surface area contributed by atoms with E-state index in [9.17, 15) is 4.79 Å². The molecule has 0 spiro atoms. The van der Waals surface area contributed by atoms with E-state index in [2.05, 4.69) is 42.0 Å². The van der Waals surface area contributed by atoms with Crippen LogP contribution in [0.25, 0.3) is 32.7 Å². The van der Waals surface area contributed by atoms with Crippen LogP contribution in [-0.4, -0.2) is 9.97 Å². The summed E-state index contributed by atoms with van der Waals surface area (Å²) in [6.45, 7) is 4.13. The Bertz CT molecular complexity index is 1140. The lowest BCUT2D eigenvalue weighted by molar-refractivity contribution is 1.19. The third kappa shape index (κ3) is 2.88. The fourth-order valence-electron chi connectivity index (χ4n) is 3.01. The number of aromatic amines is 1. The molecule has 0 saturated carbocycles. The van der Waals surface area contributed by atoms with Gasteiger partial charge in [-0.2, -0.15) is 0 Å². The summed E-state index contributed by atoms with van der Waals surface area (Å²) >= 11 is 7.42. The first-order chi connectivity index (χ1) is 12.0. The number of H-pyrrole nitrogens is 1. The lowest BCUT2D eigenvalue weighted by Crippen LogP contribution is -2.09. The van der Waals surface area contributed by atoms with E-state index in [0.717, 1.165) is 27.1 Å². The molecule has 1 N–H and O–H groups in total. The van der Waals surface area contributed by atoms with Gasteiger partial charge in [0.15, 0.2) is 0 Å². The van der Waals surface area contributed by atoms with Crippen LogP contribution in [0.1, 0.15) is 11.1 Å². The second-order valence-electron chi connectivity index (χ2n) is 6.07. The predicted octanol–water partition coefficient (Wildman–Crippen LogP) is 5.59. The summed E-state index contributed by atoms with van der Waals surface area (Å²) in [6.07, 6.45) is 0. The van der Waals surface area contributed by atoms with E-state index in [1.807, 2.05) is 17.5 Å². The zero-order valence-corrected chi connectivity index (χ0v) is 15.3. The summed E-state index contributed by atoms with van der Waals surface area (Å²) < 4.78 is 0. The number of hydrogen-bond acceptors (Lipinski definition) is 3. The third-order valence-electron chi connectivity index (χ3n) is 4.23. The van der Waals surface area contributed by atoms with Crippen molar-refractivity contribution in [3.8, 4) is 22.5 Å². The van der Waals surface area contributed by atoms with Gasteiger partial charge in [-0.05, 0) is 49.2 Å². The van der Waals surface area contributed by atoms with Crippen molar-refractivity contribution in [1.29, 1.82) is 0 Å². The van der Waals surface area contributed by atoms with E-state index in [4.69, 9.17) is 11.6 Å². The number of thiophene rings is 1. The van der Waals surface area contributed by atoms with Crippen LogP contribution in [0.4, 0.5) is 0 Å². The van der Waals surface area contributed by atoms with Crippen molar-refractivity contribution in [2.45, 2.75) is 13.8 Å². The van der Waals surface area contributed by atoms with E-state index in [0.29, 0.717) is 16.2 Å². The van der Waals surface area contributed by atoms with Crippen LogP contribution in [0.3, 0.4) is 0 Å². The molecule has 0 radical (unpaired) electrons. The van der Waals surface area contributed by atoms with Crippen molar-refractivity contribution in [2.75, 3.05) is 0 Å². The molecule has 25 heavy (non-hydrogen) atoms. The molecule has 2 heterocycles. The molecule has 0 aliphatic carbocycles. The molecule has 0 fully saturated rings. The quantitative estimate of drug-likeness (QED) is 0.502. The van der Waals surface area contributed by atoms with E-state index in [1.165, 1.54) is 16.9 Å². The number of aromatic nitrogens is 2. The van der Waals surface area contributed by atoms with Crippen molar-refractivity contribution in [3.05, 3.63) is 74.3 Å². The lowest BCUT2D eigenvalue weighted by Gasteiger charge is -2.06. The van der Waals surface area contributed by atoms with Gasteiger partial charge in [-0.1, -0.05) is 35.4 Å². The predicted molar refractivity (Wildman–Crippen MR) is 106 cm³/mol. The Morgan fingerprint density at radius 1 is 1.04 bits per heavy atom. The molecule has 2 aromatic heterocycles. The van der Waals surface area contributed by atoms with Crippen molar-refractivity contribution >= 4 is 33.2 Å². The Balaban J connectivity index is 1.90. The Hall–Kier alpha value is -2.43. The van der Waals surface area contributed by atoms with Crippen molar-refractivity contribution < 1.29 is 0 Å². The van der Waals surface area contributed by atoms with Crippen molar-refractivity contribution in [2.24, 2.45) is 0 Å². The zero-order chi connectivity index (χ0) is 17.6.